The average Bonchev–Trinajstić information content (AvgIpc) is 2.67. The molecule has 2 aromatic rings. The van der Waals surface area contributed by atoms with Gasteiger partial charge < -0.3 is 4.90 Å². The minimum atomic E-state index is 0.259. The molecule has 2 unspecified atom stereocenters. The van der Waals surface area contributed by atoms with Crippen molar-refractivity contribution in [2.75, 3.05) is 4.90 Å². The largest absolute Gasteiger partial charge is 0.359 e. The second-order valence-corrected chi connectivity index (χ2v) is 6.61. The van der Waals surface area contributed by atoms with Crippen LogP contribution in [0.2, 0.25) is 0 Å². The van der Waals surface area contributed by atoms with Gasteiger partial charge in [-0.1, -0.05) is 72.8 Å². The quantitative estimate of drug-likeness (QED) is 0.477. The third kappa shape index (κ3) is 5.49. The Kier molecular flexibility index (Phi) is 7.95. The Hall–Kier alpha value is -2.54. The maximum atomic E-state index is 4.00. The first-order chi connectivity index (χ1) is 12.7. The molecule has 0 radical (unpaired) electrons. The molecule has 1 nitrogen and oxygen atoms in total. The van der Waals surface area contributed by atoms with Gasteiger partial charge in [-0.2, -0.15) is 0 Å². The molecule has 0 saturated heterocycles. The van der Waals surface area contributed by atoms with E-state index >= 15 is 0 Å². The van der Waals surface area contributed by atoms with Crippen molar-refractivity contribution in [3.63, 3.8) is 0 Å². The molecule has 0 N–H and O–H groups in total. The molecule has 0 spiro atoms. The van der Waals surface area contributed by atoms with E-state index in [0.717, 1.165) is 12.8 Å². The number of hydrogen-bond acceptors (Lipinski definition) is 1. The van der Waals surface area contributed by atoms with Crippen molar-refractivity contribution in [2.45, 2.75) is 45.7 Å². The number of anilines is 1. The van der Waals surface area contributed by atoms with Gasteiger partial charge in [0.25, 0.3) is 0 Å². The molecule has 136 valence electrons. The number of para-hydroxylation sites is 1. The lowest BCUT2D eigenvalue weighted by molar-refractivity contribution is 0.701. The van der Waals surface area contributed by atoms with Crippen LogP contribution in [-0.2, 0) is 0 Å². The first kappa shape index (κ1) is 19.8. The van der Waals surface area contributed by atoms with Gasteiger partial charge in [0, 0.05) is 17.8 Å². The third-order valence-corrected chi connectivity index (χ3v) is 4.62. The molecule has 1 heteroatoms. The van der Waals surface area contributed by atoms with Crippen molar-refractivity contribution in [1.82, 2.24) is 0 Å². The summed E-state index contributed by atoms with van der Waals surface area (Å²) < 4.78 is 0. The van der Waals surface area contributed by atoms with E-state index in [9.17, 15) is 0 Å². The van der Waals surface area contributed by atoms with Gasteiger partial charge in [-0.25, -0.2) is 0 Å². The van der Waals surface area contributed by atoms with E-state index < -0.39 is 0 Å². The molecule has 0 bridgehead atoms. The summed E-state index contributed by atoms with van der Waals surface area (Å²) in [6.07, 6.45) is 13.2. The Morgan fingerprint density at radius 3 is 2.19 bits per heavy atom. The van der Waals surface area contributed by atoms with Crippen molar-refractivity contribution in [2.24, 2.45) is 0 Å². The number of nitrogens with zero attached hydrogens (tertiary/aromatic N) is 1. The predicted octanol–water partition coefficient (Wildman–Crippen LogP) is 5.07. The van der Waals surface area contributed by atoms with Gasteiger partial charge in [-0.3, -0.25) is 0 Å². The van der Waals surface area contributed by atoms with Gasteiger partial charge in [-0.15, -0.1) is 6.58 Å². The van der Waals surface area contributed by atoms with E-state index in [0.29, 0.717) is 0 Å². The van der Waals surface area contributed by atoms with E-state index in [1.807, 2.05) is 6.08 Å². The van der Waals surface area contributed by atoms with E-state index in [1.54, 1.807) is 0 Å². The van der Waals surface area contributed by atoms with Crippen molar-refractivity contribution in [3.05, 3.63) is 89.8 Å². The maximum absolute atomic E-state index is 4.00. The van der Waals surface area contributed by atoms with Crippen LogP contribution in [0, 0.1) is 0 Å². The van der Waals surface area contributed by atoms with Crippen LogP contribution in [-0.4, -0.2) is 12.1 Å². The number of rotatable bonds is 8. The van der Waals surface area contributed by atoms with Gasteiger partial charge in [0.1, 0.15) is 0 Å². The van der Waals surface area contributed by atoms with E-state index in [-0.39, 0.29) is 12.1 Å². The van der Waals surface area contributed by atoms with Crippen LogP contribution >= 0.6 is 0 Å². The molecule has 26 heavy (non-hydrogen) atoms. The average molecular weight is 346 g/mol. The van der Waals surface area contributed by atoms with Crippen LogP contribution < -0.4 is 15.3 Å². The second kappa shape index (κ2) is 10.5. The zero-order valence-corrected chi connectivity index (χ0v) is 16.3. The minimum Gasteiger partial charge on any atom is -0.359 e. The molecule has 0 aliphatic rings. The Balaban J connectivity index is 2.39. The first-order valence-electron chi connectivity index (χ1n) is 9.51. The van der Waals surface area contributed by atoms with Crippen molar-refractivity contribution >= 4 is 17.8 Å². The number of allylic oxidation sites excluding steroid dienone is 2. The Bertz CT molecular complexity index is 817. The SMILES string of the molecule is C=CC(C)N(c1ccccc1)C(C)/C=c1/cccc/c1=C/CC/C=C\C. The predicted molar refractivity (Wildman–Crippen MR) is 117 cm³/mol. The summed E-state index contributed by atoms with van der Waals surface area (Å²) in [5, 5.41) is 2.60. The highest BCUT2D eigenvalue weighted by Crippen LogP contribution is 2.20. The third-order valence-electron chi connectivity index (χ3n) is 4.62. The van der Waals surface area contributed by atoms with E-state index in [1.165, 1.54) is 16.1 Å². The van der Waals surface area contributed by atoms with Crippen molar-refractivity contribution < 1.29 is 0 Å². The lowest BCUT2D eigenvalue weighted by atomic mass is 10.1. The standard InChI is InChI=1S/C25H31N/c1-5-7-8-10-15-23-16-13-14-17-24(23)20-22(4)26(21(3)6-2)25-18-11-9-12-19-25/h5-7,9,11-22H,2,8,10H2,1,3-4H3/b7-5-,23-15-,24-20-. The summed E-state index contributed by atoms with van der Waals surface area (Å²) in [5.41, 5.74) is 1.22. The normalized spacial score (nSPS) is 15.2. The van der Waals surface area contributed by atoms with Gasteiger partial charge in [-0.05, 0) is 56.2 Å². The van der Waals surface area contributed by atoms with Crippen LogP contribution in [0.4, 0.5) is 5.69 Å². The minimum absolute atomic E-state index is 0.259. The van der Waals surface area contributed by atoms with Crippen LogP contribution in [0.5, 0.6) is 0 Å². The maximum Gasteiger partial charge on any atom is 0.0459 e. The fourth-order valence-corrected chi connectivity index (χ4v) is 3.25. The van der Waals surface area contributed by atoms with Crippen LogP contribution in [0.3, 0.4) is 0 Å². The number of hydrogen-bond donors (Lipinski definition) is 0. The number of unbranched alkanes of at least 4 members (excludes halogenated alkanes) is 1. The topological polar surface area (TPSA) is 3.24 Å². The number of benzene rings is 2. The molecular weight excluding hydrogens is 314 g/mol. The molecule has 0 amide bonds. The molecule has 0 aliphatic heterocycles. The van der Waals surface area contributed by atoms with Gasteiger partial charge in [0.05, 0.1) is 0 Å². The van der Waals surface area contributed by atoms with E-state index in [2.05, 4.69) is 111 Å². The summed E-state index contributed by atoms with van der Waals surface area (Å²) in [4.78, 5) is 2.41. The van der Waals surface area contributed by atoms with Crippen LogP contribution in [0.15, 0.2) is 79.4 Å². The summed E-state index contributed by atoms with van der Waals surface area (Å²) in [6.45, 7) is 10.5. The summed E-state index contributed by atoms with van der Waals surface area (Å²) >= 11 is 0. The van der Waals surface area contributed by atoms with Crippen molar-refractivity contribution in [1.29, 1.82) is 0 Å². The first-order valence-corrected chi connectivity index (χ1v) is 9.51. The monoisotopic (exact) mass is 345 g/mol. The highest BCUT2D eigenvalue weighted by atomic mass is 15.2. The summed E-state index contributed by atoms with van der Waals surface area (Å²) in [6, 6.07) is 19.7. The molecule has 2 rings (SSSR count). The highest BCUT2D eigenvalue weighted by molar-refractivity contribution is 5.54. The zero-order chi connectivity index (χ0) is 18.8. The fourth-order valence-electron chi connectivity index (χ4n) is 3.25. The molecule has 0 fully saturated rings. The molecule has 2 aromatic carbocycles. The van der Waals surface area contributed by atoms with E-state index in [4.69, 9.17) is 0 Å². The fraction of sp³-hybridized carbons (Fsp3) is 0.280. The Morgan fingerprint density at radius 2 is 1.54 bits per heavy atom. The molecule has 2 atom stereocenters. The van der Waals surface area contributed by atoms with Crippen LogP contribution in [0.1, 0.15) is 33.6 Å². The van der Waals surface area contributed by atoms with Gasteiger partial charge in [0.15, 0.2) is 0 Å². The molecular formula is C25H31N. The lowest BCUT2D eigenvalue weighted by Crippen LogP contribution is -2.40. The van der Waals surface area contributed by atoms with Gasteiger partial charge >= 0.3 is 0 Å². The molecule has 0 aromatic heterocycles. The lowest BCUT2D eigenvalue weighted by Gasteiger charge is -2.34. The summed E-state index contributed by atoms with van der Waals surface area (Å²) in [5.74, 6) is 0. The van der Waals surface area contributed by atoms with Crippen LogP contribution in [0.25, 0.3) is 12.2 Å². The van der Waals surface area contributed by atoms with Crippen molar-refractivity contribution in [3.8, 4) is 0 Å². The van der Waals surface area contributed by atoms with Gasteiger partial charge in [0.2, 0.25) is 0 Å². The molecule has 0 aliphatic carbocycles. The zero-order valence-electron chi connectivity index (χ0n) is 16.3. The second-order valence-electron chi connectivity index (χ2n) is 6.61. The summed E-state index contributed by atoms with van der Waals surface area (Å²) in [7, 11) is 0. The molecule has 0 saturated carbocycles. The highest BCUT2D eigenvalue weighted by Gasteiger charge is 2.16. The molecule has 0 heterocycles. The smallest absolute Gasteiger partial charge is 0.0459 e. The Morgan fingerprint density at radius 1 is 0.885 bits per heavy atom. The Labute approximate surface area is 158 Å².